The normalized spacial score (nSPS) is 25.5. The maximum Gasteiger partial charge on any atom is 0.320 e. The lowest BCUT2D eigenvalue weighted by molar-refractivity contribution is -0.798. The van der Waals surface area contributed by atoms with Crippen LogP contribution < -0.4 is 5.06 Å². The predicted octanol–water partition coefficient (Wildman–Crippen LogP) is 0.383. The Morgan fingerprint density at radius 3 is 2.83 bits per heavy atom. The van der Waals surface area contributed by atoms with Crippen LogP contribution >= 0.6 is 0 Å². The van der Waals surface area contributed by atoms with Crippen LogP contribution in [0.5, 0.6) is 5.75 Å². The number of hydroxylamine groups is 1. The number of nitrogens with zero attached hydrogens (tertiary/aromatic N) is 1. The van der Waals surface area contributed by atoms with Crippen LogP contribution in [-0.2, 0) is 0 Å². The molecule has 1 aromatic rings. The molecule has 6 nitrogen and oxygen atoms in total. The predicted molar refractivity (Wildman–Crippen MR) is 64.0 cm³/mol. The van der Waals surface area contributed by atoms with Crippen molar-refractivity contribution in [3.8, 4) is 5.75 Å². The van der Waals surface area contributed by atoms with Gasteiger partial charge in [0, 0.05) is 12.1 Å². The first kappa shape index (κ1) is 10.8. The molecular formula is C12H10N2O4. The van der Waals surface area contributed by atoms with Crippen LogP contribution in [-0.4, -0.2) is 26.7 Å². The summed E-state index contributed by atoms with van der Waals surface area (Å²) in [5, 5.41) is 43.4. The summed E-state index contributed by atoms with van der Waals surface area (Å²) in [4.78, 5) is 0. The quantitative estimate of drug-likeness (QED) is 0.455. The van der Waals surface area contributed by atoms with E-state index in [2.05, 4.69) is 0 Å². The van der Waals surface area contributed by atoms with E-state index in [1.54, 1.807) is 0 Å². The third kappa shape index (κ3) is 1.27. The summed E-state index contributed by atoms with van der Waals surface area (Å²) >= 11 is 0. The van der Waals surface area contributed by atoms with Gasteiger partial charge in [0.05, 0.1) is 0 Å². The molecule has 3 rings (SSSR count). The molecule has 0 saturated carbocycles. The minimum absolute atomic E-state index is 0.0619. The Morgan fingerprint density at radius 1 is 1.28 bits per heavy atom. The zero-order valence-electron chi connectivity index (χ0n) is 9.20. The van der Waals surface area contributed by atoms with Crippen LogP contribution in [0.25, 0.3) is 0 Å². The van der Waals surface area contributed by atoms with Gasteiger partial charge < -0.3 is 25.7 Å². The number of allylic oxidation sites excluding steroid dienone is 2. The van der Waals surface area contributed by atoms with Gasteiger partial charge >= 0.3 is 5.69 Å². The molecule has 1 aromatic carbocycles. The lowest BCUT2D eigenvalue weighted by atomic mass is 10.0. The van der Waals surface area contributed by atoms with Crippen molar-refractivity contribution >= 4 is 17.1 Å². The summed E-state index contributed by atoms with van der Waals surface area (Å²) in [5.41, 5.74) is 0.177. The van der Waals surface area contributed by atoms with E-state index in [0.29, 0.717) is 4.74 Å². The fraction of sp³-hybridized carbons (Fsp3) is 0.0833. The lowest BCUT2D eigenvalue weighted by Crippen LogP contribution is -3.09. The number of nitrogens with one attached hydrogen (secondary N) is 1. The van der Waals surface area contributed by atoms with E-state index in [-0.39, 0.29) is 33.7 Å². The molecule has 3 N–H and O–H groups in total. The molecule has 2 aliphatic rings. The maximum absolute atomic E-state index is 12.2. The van der Waals surface area contributed by atoms with E-state index in [4.69, 9.17) is 0 Å². The molecular weight excluding hydrogens is 236 g/mol. The minimum Gasteiger partial charge on any atom is -0.628 e. The molecule has 2 unspecified atom stereocenters. The van der Waals surface area contributed by atoms with Gasteiger partial charge in [0.2, 0.25) is 11.7 Å². The molecule has 0 spiro atoms. The number of aliphatic hydroxyl groups is 1. The Balaban J connectivity index is 2.31. The van der Waals surface area contributed by atoms with Crippen molar-refractivity contribution in [1.82, 2.24) is 0 Å². The average molecular weight is 246 g/mol. The van der Waals surface area contributed by atoms with Gasteiger partial charge in [0.15, 0.2) is 11.5 Å². The van der Waals surface area contributed by atoms with E-state index in [9.17, 15) is 20.6 Å². The minimum atomic E-state index is -0.971. The van der Waals surface area contributed by atoms with Gasteiger partial charge in [-0.3, -0.25) is 0 Å². The Labute approximate surface area is 102 Å². The Morgan fingerprint density at radius 2 is 2.06 bits per heavy atom. The molecule has 2 atom stereocenters. The highest BCUT2D eigenvalue weighted by molar-refractivity contribution is 5.99. The van der Waals surface area contributed by atoms with Crippen LogP contribution in [0, 0.1) is 10.4 Å². The SMILES string of the molecule is [O-][N+]1=C2C=CC=C(O)C2[NH+]([O-])c2cccc(O)c21. The van der Waals surface area contributed by atoms with Crippen molar-refractivity contribution in [2.45, 2.75) is 6.04 Å². The highest BCUT2D eigenvalue weighted by Gasteiger charge is 2.42. The lowest BCUT2D eigenvalue weighted by Gasteiger charge is -2.34. The average Bonchev–Trinajstić information content (AvgIpc) is 2.35. The van der Waals surface area contributed by atoms with Gasteiger partial charge in [-0.15, -0.1) is 0 Å². The number of quaternary nitrogens is 1. The Kier molecular flexibility index (Phi) is 2.16. The standard InChI is InChI=1S/C12H10N2O4/c15-9-5-1-3-7-11(9)14(18)8-4-2-6-10(16)12(8)13(7)17/h1-6,11,14-16H. The number of aliphatic hydroxyl groups excluding tert-OH is 1. The van der Waals surface area contributed by atoms with Gasteiger partial charge in [-0.2, -0.15) is 4.74 Å². The second kappa shape index (κ2) is 3.59. The van der Waals surface area contributed by atoms with Crippen molar-refractivity contribution < 1.29 is 20.0 Å². The maximum atomic E-state index is 12.2. The van der Waals surface area contributed by atoms with E-state index >= 15 is 0 Å². The molecule has 0 aromatic heterocycles. The van der Waals surface area contributed by atoms with E-state index in [1.165, 1.54) is 36.4 Å². The molecule has 1 aliphatic heterocycles. The first-order valence-corrected chi connectivity index (χ1v) is 5.39. The third-order valence-electron chi connectivity index (χ3n) is 3.11. The van der Waals surface area contributed by atoms with Crippen LogP contribution in [0.1, 0.15) is 0 Å². The molecule has 0 fully saturated rings. The number of fused-ring (bicyclic) bond motifs is 2. The zero-order chi connectivity index (χ0) is 12.9. The van der Waals surface area contributed by atoms with Crippen LogP contribution in [0.2, 0.25) is 0 Å². The molecule has 0 bridgehead atoms. The number of rotatable bonds is 0. The summed E-state index contributed by atoms with van der Waals surface area (Å²) in [7, 11) is 0. The summed E-state index contributed by atoms with van der Waals surface area (Å²) < 4.78 is 0.496. The molecule has 1 aliphatic carbocycles. The second-order valence-electron chi connectivity index (χ2n) is 4.14. The van der Waals surface area contributed by atoms with Gasteiger partial charge in [0.1, 0.15) is 0 Å². The van der Waals surface area contributed by atoms with Crippen molar-refractivity contribution in [3.63, 3.8) is 0 Å². The number of hydrogen-bond donors (Lipinski definition) is 3. The number of phenols is 1. The van der Waals surface area contributed by atoms with E-state index in [1.807, 2.05) is 0 Å². The molecule has 6 heteroatoms. The molecule has 0 radical (unpaired) electrons. The van der Waals surface area contributed by atoms with Gasteiger partial charge in [-0.1, -0.05) is 12.1 Å². The first-order valence-electron chi connectivity index (χ1n) is 5.39. The summed E-state index contributed by atoms with van der Waals surface area (Å²) in [6.45, 7) is 0. The number of phenolic OH excluding ortho intramolecular Hbond substituents is 1. The highest BCUT2D eigenvalue weighted by Crippen LogP contribution is 2.34. The van der Waals surface area contributed by atoms with Crippen molar-refractivity contribution in [3.05, 3.63) is 52.6 Å². The van der Waals surface area contributed by atoms with Crippen LogP contribution in [0.15, 0.2) is 42.2 Å². The van der Waals surface area contributed by atoms with Crippen LogP contribution in [0.3, 0.4) is 0 Å². The summed E-state index contributed by atoms with van der Waals surface area (Å²) in [6.07, 6.45) is 4.34. The van der Waals surface area contributed by atoms with Crippen molar-refractivity contribution in [1.29, 1.82) is 0 Å². The summed E-state index contributed by atoms with van der Waals surface area (Å²) in [5.74, 6) is -0.406. The van der Waals surface area contributed by atoms with Crippen molar-refractivity contribution in [2.24, 2.45) is 0 Å². The second-order valence-corrected chi connectivity index (χ2v) is 4.14. The summed E-state index contributed by atoms with van der Waals surface area (Å²) in [6, 6.07) is 3.33. The van der Waals surface area contributed by atoms with E-state index in [0.717, 1.165) is 0 Å². The number of para-hydroxylation sites is 1. The Hall–Kier alpha value is -2.31. The van der Waals surface area contributed by atoms with Gasteiger partial charge in [-0.05, 0) is 12.1 Å². The smallest absolute Gasteiger partial charge is 0.320 e. The molecule has 92 valence electrons. The monoisotopic (exact) mass is 246 g/mol. The first-order chi connectivity index (χ1) is 8.61. The van der Waals surface area contributed by atoms with E-state index < -0.39 is 6.04 Å². The van der Waals surface area contributed by atoms with Crippen molar-refractivity contribution in [2.75, 3.05) is 0 Å². The van der Waals surface area contributed by atoms with Gasteiger partial charge in [-0.25, -0.2) is 0 Å². The molecule has 18 heavy (non-hydrogen) atoms. The van der Waals surface area contributed by atoms with Crippen LogP contribution in [0.4, 0.5) is 11.4 Å². The fourth-order valence-corrected chi connectivity index (χ4v) is 2.27. The zero-order valence-corrected chi connectivity index (χ0v) is 9.20. The Bertz CT molecular complexity index is 619. The molecule has 0 saturated heterocycles. The molecule has 0 amide bonds. The number of benzene rings is 1. The fourth-order valence-electron chi connectivity index (χ4n) is 2.27. The van der Waals surface area contributed by atoms with Gasteiger partial charge in [0.25, 0.3) is 5.71 Å². The molecule has 1 heterocycles. The third-order valence-corrected chi connectivity index (χ3v) is 3.11. The number of hydrogen-bond acceptors (Lipinski definition) is 4. The highest BCUT2D eigenvalue weighted by atomic mass is 16.5. The topological polar surface area (TPSA) is 94.0 Å². The number of aromatic hydroxyl groups is 1. The largest absolute Gasteiger partial charge is 0.628 e.